The summed E-state index contributed by atoms with van der Waals surface area (Å²) in [6.07, 6.45) is 0. The molecule has 0 saturated heterocycles. The summed E-state index contributed by atoms with van der Waals surface area (Å²) in [5.41, 5.74) is 1.21. The monoisotopic (exact) mass is 422 g/mol. The summed E-state index contributed by atoms with van der Waals surface area (Å²) in [6.45, 7) is 3.86. The Morgan fingerprint density at radius 2 is 1.77 bits per heavy atom. The van der Waals surface area contributed by atoms with E-state index in [1.54, 1.807) is 19.2 Å². The summed E-state index contributed by atoms with van der Waals surface area (Å²) in [6, 6.07) is 13.0. The van der Waals surface area contributed by atoms with Crippen molar-refractivity contribution in [1.82, 2.24) is 20.2 Å². The highest BCUT2D eigenvalue weighted by Gasteiger charge is 2.17. The molecule has 4 aromatic rings. The summed E-state index contributed by atoms with van der Waals surface area (Å²) in [4.78, 5) is 21.2. The van der Waals surface area contributed by atoms with Crippen molar-refractivity contribution in [3.8, 4) is 23.0 Å². The largest absolute Gasteiger partial charge is 0.493 e. The van der Waals surface area contributed by atoms with E-state index in [4.69, 9.17) is 13.9 Å². The van der Waals surface area contributed by atoms with Crippen molar-refractivity contribution < 1.29 is 18.8 Å². The van der Waals surface area contributed by atoms with Gasteiger partial charge in [0.1, 0.15) is 6.54 Å². The maximum Gasteiger partial charge on any atom is 0.271 e. The molecule has 2 N–H and O–H groups in total. The fourth-order valence-electron chi connectivity index (χ4n) is 3.38. The highest BCUT2D eigenvalue weighted by molar-refractivity contribution is 5.81. The number of nitrogens with one attached hydrogen (secondary N) is 2. The summed E-state index contributed by atoms with van der Waals surface area (Å²) in [5.74, 6) is 2.61. The standard InChI is InChI=1S/C22H23N5O4/c1-4-27(13-20-25-26-22(31-20)14-8-6-5-7-9-14)12-19-23-16-11-18(30-3)17(29-2)10-15(16)21(28)24-19/h5-11H,4,12-13H2,1-3H3,(H,23,24,28)/p+1. The van der Waals surface area contributed by atoms with Crippen molar-refractivity contribution in [2.45, 2.75) is 20.0 Å². The lowest BCUT2D eigenvalue weighted by atomic mass is 10.2. The zero-order valence-electron chi connectivity index (χ0n) is 17.6. The fraction of sp³-hybridized carbons (Fsp3) is 0.273. The van der Waals surface area contributed by atoms with E-state index in [1.807, 2.05) is 30.3 Å². The van der Waals surface area contributed by atoms with Crippen LogP contribution in [0.2, 0.25) is 0 Å². The Kier molecular flexibility index (Phi) is 5.94. The molecular weight excluding hydrogens is 398 g/mol. The molecule has 9 heteroatoms. The molecule has 31 heavy (non-hydrogen) atoms. The van der Waals surface area contributed by atoms with E-state index in [0.29, 0.717) is 53.1 Å². The van der Waals surface area contributed by atoms with Crippen LogP contribution in [0.1, 0.15) is 18.6 Å². The van der Waals surface area contributed by atoms with Gasteiger partial charge in [0, 0.05) is 11.6 Å². The smallest absolute Gasteiger partial charge is 0.271 e. The molecule has 0 bridgehead atoms. The molecule has 0 fully saturated rings. The number of ether oxygens (including phenoxy) is 2. The van der Waals surface area contributed by atoms with E-state index in [-0.39, 0.29) is 5.56 Å². The first-order valence-electron chi connectivity index (χ1n) is 9.97. The third kappa shape index (κ3) is 4.41. The minimum absolute atomic E-state index is 0.222. The number of benzene rings is 2. The Bertz CT molecular complexity index is 1240. The van der Waals surface area contributed by atoms with E-state index in [2.05, 4.69) is 27.1 Å². The number of nitrogens with zero attached hydrogens (tertiary/aromatic N) is 3. The predicted octanol–water partition coefficient (Wildman–Crippen LogP) is 1.60. The molecule has 1 unspecified atom stereocenters. The molecule has 0 spiro atoms. The number of methoxy groups -OCH3 is 2. The number of aromatic amines is 1. The fourth-order valence-corrected chi connectivity index (χ4v) is 3.38. The van der Waals surface area contributed by atoms with Gasteiger partial charge in [-0.25, -0.2) is 4.98 Å². The van der Waals surface area contributed by atoms with Gasteiger partial charge in [0.15, 0.2) is 23.9 Å². The van der Waals surface area contributed by atoms with Crippen LogP contribution in [0, 0.1) is 0 Å². The first-order valence-corrected chi connectivity index (χ1v) is 9.97. The first kappa shape index (κ1) is 20.5. The van der Waals surface area contributed by atoms with Crippen LogP contribution in [0.5, 0.6) is 11.5 Å². The number of aromatic nitrogens is 4. The topological polar surface area (TPSA) is 108 Å². The van der Waals surface area contributed by atoms with Gasteiger partial charge in [0.2, 0.25) is 5.89 Å². The van der Waals surface area contributed by atoms with Crippen molar-refractivity contribution in [1.29, 1.82) is 0 Å². The van der Waals surface area contributed by atoms with Crippen LogP contribution < -0.4 is 19.9 Å². The SMILES string of the molecule is CC[NH+](Cc1nc2cc(OC)c(OC)cc2c(=O)[nH]1)Cc1nnc(-c2ccccc2)o1. The van der Waals surface area contributed by atoms with Gasteiger partial charge in [0.05, 0.1) is 31.7 Å². The molecule has 9 nitrogen and oxygen atoms in total. The summed E-state index contributed by atoms with van der Waals surface area (Å²) < 4.78 is 16.4. The van der Waals surface area contributed by atoms with Crippen LogP contribution >= 0.6 is 0 Å². The predicted molar refractivity (Wildman–Crippen MR) is 114 cm³/mol. The molecule has 0 aliphatic carbocycles. The summed E-state index contributed by atoms with van der Waals surface area (Å²) >= 11 is 0. The van der Waals surface area contributed by atoms with E-state index in [1.165, 1.54) is 7.11 Å². The van der Waals surface area contributed by atoms with Gasteiger partial charge >= 0.3 is 0 Å². The number of rotatable bonds is 8. The summed E-state index contributed by atoms with van der Waals surface area (Å²) in [5, 5.41) is 8.76. The third-order valence-electron chi connectivity index (χ3n) is 5.07. The quantitative estimate of drug-likeness (QED) is 0.444. The minimum Gasteiger partial charge on any atom is -0.493 e. The van der Waals surface area contributed by atoms with Crippen molar-refractivity contribution in [2.24, 2.45) is 0 Å². The van der Waals surface area contributed by atoms with Gasteiger partial charge in [-0.3, -0.25) is 4.79 Å². The molecule has 2 aromatic heterocycles. The Morgan fingerprint density at radius 1 is 1.03 bits per heavy atom. The van der Waals surface area contributed by atoms with Crippen LogP contribution in [0.4, 0.5) is 0 Å². The molecular formula is C22H24N5O4+. The molecule has 0 amide bonds. The van der Waals surface area contributed by atoms with Gasteiger partial charge in [-0.15, -0.1) is 10.2 Å². The molecule has 0 aliphatic rings. The summed E-state index contributed by atoms with van der Waals surface area (Å²) in [7, 11) is 3.08. The maximum absolute atomic E-state index is 12.6. The first-order chi connectivity index (χ1) is 15.1. The van der Waals surface area contributed by atoms with Crippen LogP contribution in [0.25, 0.3) is 22.4 Å². The normalized spacial score (nSPS) is 12.1. The van der Waals surface area contributed by atoms with Crippen molar-refractivity contribution in [2.75, 3.05) is 20.8 Å². The average Bonchev–Trinajstić information content (AvgIpc) is 3.27. The third-order valence-corrected chi connectivity index (χ3v) is 5.07. The molecule has 1 atom stereocenters. The molecule has 0 radical (unpaired) electrons. The van der Waals surface area contributed by atoms with E-state index in [0.717, 1.165) is 17.0 Å². The van der Waals surface area contributed by atoms with E-state index >= 15 is 0 Å². The second-order valence-electron chi connectivity index (χ2n) is 7.06. The lowest BCUT2D eigenvalue weighted by Crippen LogP contribution is -3.09. The van der Waals surface area contributed by atoms with Crippen LogP contribution in [0.15, 0.2) is 51.7 Å². The van der Waals surface area contributed by atoms with Gasteiger partial charge in [0.25, 0.3) is 11.4 Å². The molecule has 2 aromatic carbocycles. The lowest BCUT2D eigenvalue weighted by molar-refractivity contribution is -0.927. The van der Waals surface area contributed by atoms with Gasteiger partial charge in [-0.05, 0) is 25.1 Å². The zero-order valence-corrected chi connectivity index (χ0v) is 17.6. The van der Waals surface area contributed by atoms with Gasteiger partial charge in [-0.2, -0.15) is 0 Å². The molecule has 2 heterocycles. The molecule has 160 valence electrons. The van der Waals surface area contributed by atoms with Gasteiger partial charge in [-0.1, -0.05) is 18.2 Å². The zero-order chi connectivity index (χ0) is 21.8. The van der Waals surface area contributed by atoms with Gasteiger partial charge < -0.3 is 23.8 Å². The second kappa shape index (κ2) is 8.97. The van der Waals surface area contributed by atoms with E-state index < -0.39 is 0 Å². The van der Waals surface area contributed by atoms with Crippen molar-refractivity contribution in [3.63, 3.8) is 0 Å². The van der Waals surface area contributed by atoms with Crippen LogP contribution in [-0.4, -0.2) is 40.9 Å². The van der Waals surface area contributed by atoms with Crippen LogP contribution in [0.3, 0.4) is 0 Å². The molecule has 4 rings (SSSR count). The number of H-pyrrole nitrogens is 1. The lowest BCUT2D eigenvalue weighted by Gasteiger charge is -2.15. The highest BCUT2D eigenvalue weighted by Crippen LogP contribution is 2.29. The maximum atomic E-state index is 12.6. The number of hydrogen-bond donors (Lipinski definition) is 2. The Labute approximate surface area is 178 Å². The molecule has 0 saturated carbocycles. The average molecular weight is 422 g/mol. The van der Waals surface area contributed by atoms with E-state index in [9.17, 15) is 4.79 Å². The minimum atomic E-state index is -0.222. The second-order valence-corrected chi connectivity index (χ2v) is 7.06. The Hall–Kier alpha value is -3.72. The number of fused-ring (bicyclic) bond motifs is 1. The highest BCUT2D eigenvalue weighted by atomic mass is 16.5. The van der Waals surface area contributed by atoms with Crippen molar-refractivity contribution in [3.05, 3.63) is 64.5 Å². The van der Waals surface area contributed by atoms with Crippen LogP contribution in [-0.2, 0) is 13.1 Å². The number of hydrogen-bond acceptors (Lipinski definition) is 7. The molecule has 0 aliphatic heterocycles. The Balaban J connectivity index is 1.56. The Morgan fingerprint density at radius 3 is 2.48 bits per heavy atom. The number of quaternary nitrogens is 1. The van der Waals surface area contributed by atoms with Crippen molar-refractivity contribution >= 4 is 10.9 Å².